The minimum Gasteiger partial charge on any atom is -0.478 e. The van der Waals surface area contributed by atoms with E-state index < -0.39 is 5.97 Å². The third-order valence-electron chi connectivity index (χ3n) is 3.62. The third-order valence-corrected chi connectivity index (χ3v) is 3.62. The van der Waals surface area contributed by atoms with E-state index in [1.165, 1.54) is 0 Å². The molecule has 106 valence electrons. The lowest BCUT2D eigenvalue weighted by atomic mass is 10.1. The van der Waals surface area contributed by atoms with Crippen LogP contribution in [0.2, 0.25) is 0 Å². The molecule has 0 spiro atoms. The fourth-order valence-electron chi connectivity index (χ4n) is 2.20. The molecular weight excluding hydrogens is 254 g/mol. The fourth-order valence-corrected chi connectivity index (χ4v) is 2.20. The normalized spacial score (nSPS) is 20.9. The molecule has 0 saturated heterocycles. The van der Waals surface area contributed by atoms with Gasteiger partial charge in [-0.3, -0.25) is 4.79 Å². The molecule has 2 unspecified atom stereocenters. The zero-order valence-corrected chi connectivity index (χ0v) is 11.7. The number of carbonyl (C=O) groups excluding carboxylic acids is 1. The van der Waals surface area contributed by atoms with Gasteiger partial charge in [-0.1, -0.05) is 31.2 Å². The van der Waals surface area contributed by atoms with Gasteiger partial charge in [0, 0.05) is 25.6 Å². The van der Waals surface area contributed by atoms with Crippen LogP contribution < -0.4 is 0 Å². The summed E-state index contributed by atoms with van der Waals surface area (Å²) in [5, 5.41) is 8.56. The fraction of sp³-hybridized carbons (Fsp3) is 0.375. The maximum atomic E-state index is 12.0. The molecule has 1 aromatic rings. The lowest BCUT2D eigenvalue weighted by Crippen LogP contribution is -2.28. The monoisotopic (exact) mass is 273 g/mol. The maximum absolute atomic E-state index is 12.0. The van der Waals surface area contributed by atoms with Gasteiger partial charge in [-0.2, -0.15) is 0 Å². The van der Waals surface area contributed by atoms with Crippen molar-refractivity contribution < 1.29 is 14.7 Å². The van der Waals surface area contributed by atoms with E-state index in [2.05, 4.69) is 6.92 Å². The van der Waals surface area contributed by atoms with E-state index in [1.54, 1.807) is 11.0 Å². The SMILES string of the molecule is CC1CC1C(=O)N(C)Cc1ccc(C=CC(=O)O)cc1. The van der Waals surface area contributed by atoms with E-state index in [9.17, 15) is 9.59 Å². The summed E-state index contributed by atoms with van der Waals surface area (Å²) >= 11 is 0. The maximum Gasteiger partial charge on any atom is 0.328 e. The highest BCUT2D eigenvalue weighted by atomic mass is 16.4. The first-order valence-electron chi connectivity index (χ1n) is 6.72. The number of amides is 1. The van der Waals surface area contributed by atoms with Crippen LogP contribution in [0.5, 0.6) is 0 Å². The molecule has 4 heteroatoms. The average Bonchev–Trinajstić information content (AvgIpc) is 3.14. The Kier molecular flexibility index (Phi) is 4.23. The summed E-state index contributed by atoms with van der Waals surface area (Å²) in [4.78, 5) is 24.2. The molecule has 20 heavy (non-hydrogen) atoms. The van der Waals surface area contributed by atoms with Gasteiger partial charge in [-0.15, -0.1) is 0 Å². The number of benzene rings is 1. The molecule has 0 bridgehead atoms. The molecule has 1 saturated carbocycles. The predicted molar refractivity (Wildman–Crippen MR) is 76.9 cm³/mol. The van der Waals surface area contributed by atoms with Crippen LogP contribution in [-0.2, 0) is 16.1 Å². The molecule has 2 rings (SSSR count). The molecule has 1 fully saturated rings. The van der Waals surface area contributed by atoms with Gasteiger partial charge in [-0.05, 0) is 29.5 Å². The van der Waals surface area contributed by atoms with Gasteiger partial charge in [0.05, 0.1) is 0 Å². The first-order chi connectivity index (χ1) is 9.47. The quantitative estimate of drug-likeness (QED) is 0.838. The highest BCUT2D eigenvalue weighted by molar-refractivity contribution is 5.85. The number of carboxylic acid groups (broad SMARTS) is 1. The summed E-state index contributed by atoms with van der Waals surface area (Å²) in [6.07, 6.45) is 3.66. The van der Waals surface area contributed by atoms with Crippen LogP contribution in [0, 0.1) is 11.8 Å². The van der Waals surface area contributed by atoms with Crippen molar-refractivity contribution in [3.63, 3.8) is 0 Å². The Morgan fingerprint density at radius 1 is 1.35 bits per heavy atom. The largest absolute Gasteiger partial charge is 0.478 e. The lowest BCUT2D eigenvalue weighted by Gasteiger charge is -2.17. The average molecular weight is 273 g/mol. The van der Waals surface area contributed by atoms with Crippen molar-refractivity contribution >= 4 is 18.0 Å². The molecule has 1 aromatic carbocycles. The molecule has 1 N–H and O–H groups in total. The van der Waals surface area contributed by atoms with Gasteiger partial charge in [0.15, 0.2) is 0 Å². The van der Waals surface area contributed by atoms with Gasteiger partial charge in [0.1, 0.15) is 0 Å². The highest BCUT2D eigenvalue weighted by Gasteiger charge is 2.40. The van der Waals surface area contributed by atoms with Crippen molar-refractivity contribution in [2.75, 3.05) is 7.05 Å². The van der Waals surface area contributed by atoms with Crippen molar-refractivity contribution in [1.29, 1.82) is 0 Å². The minimum absolute atomic E-state index is 0.206. The van der Waals surface area contributed by atoms with E-state index in [0.29, 0.717) is 12.5 Å². The molecule has 1 aliphatic carbocycles. The van der Waals surface area contributed by atoms with Crippen molar-refractivity contribution in [1.82, 2.24) is 4.90 Å². The Hall–Kier alpha value is -2.10. The molecular formula is C16H19NO3. The second-order valence-electron chi connectivity index (χ2n) is 5.43. The highest BCUT2D eigenvalue weighted by Crippen LogP contribution is 2.39. The standard InChI is InChI=1S/C16H19NO3/c1-11-9-14(11)16(20)17(2)10-13-5-3-12(4-6-13)7-8-15(18)19/h3-8,11,14H,9-10H2,1-2H3,(H,18,19). The van der Waals surface area contributed by atoms with Gasteiger partial charge in [0.2, 0.25) is 5.91 Å². The number of hydrogen-bond acceptors (Lipinski definition) is 2. The lowest BCUT2D eigenvalue weighted by molar-refractivity contribution is -0.132. The Balaban J connectivity index is 1.93. The summed E-state index contributed by atoms with van der Waals surface area (Å²) in [6.45, 7) is 2.69. The van der Waals surface area contributed by atoms with Crippen LogP contribution in [0.1, 0.15) is 24.5 Å². The van der Waals surface area contributed by atoms with E-state index in [1.807, 2.05) is 31.3 Å². The molecule has 0 aromatic heterocycles. The van der Waals surface area contributed by atoms with E-state index in [-0.39, 0.29) is 11.8 Å². The van der Waals surface area contributed by atoms with Gasteiger partial charge in [-0.25, -0.2) is 4.79 Å². The first kappa shape index (κ1) is 14.3. The van der Waals surface area contributed by atoms with Crippen LogP contribution in [-0.4, -0.2) is 28.9 Å². The Bertz CT molecular complexity index is 533. The van der Waals surface area contributed by atoms with E-state index in [0.717, 1.165) is 23.6 Å². The zero-order valence-electron chi connectivity index (χ0n) is 11.7. The van der Waals surface area contributed by atoms with Gasteiger partial charge in [0.25, 0.3) is 0 Å². The number of carbonyl (C=O) groups is 2. The summed E-state index contributed by atoms with van der Waals surface area (Å²) in [7, 11) is 1.83. The minimum atomic E-state index is -0.960. The number of hydrogen-bond donors (Lipinski definition) is 1. The van der Waals surface area contributed by atoms with Crippen LogP contribution in [0.3, 0.4) is 0 Å². The molecule has 0 radical (unpaired) electrons. The number of aliphatic carboxylic acids is 1. The van der Waals surface area contributed by atoms with E-state index in [4.69, 9.17) is 5.11 Å². The van der Waals surface area contributed by atoms with Gasteiger partial charge < -0.3 is 10.0 Å². The Morgan fingerprint density at radius 3 is 2.45 bits per heavy atom. The van der Waals surface area contributed by atoms with Crippen molar-refractivity contribution in [2.45, 2.75) is 19.9 Å². The molecule has 0 aliphatic heterocycles. The summed E-state index contributed by atoms with van der Waals surface area (Å²) in [6, 6.07) is 7.54. The number of carboxylic acids is 1. The van der Waals surface area contributed by atoms with Crippen LogP contribution in [0.15, 0.2) is 30.3 Å². The van der Waals surface area contributed by atoms with E-state index >= 15 is 0 Å². The summed E-state index contributed by atoms with van der Waals surface area (Å²) in [5.74, 6) is -0.0171. The van der Waals surface area contributed by atoms with Crippen LogP contribution >= 0.6 is 0 Å². The molecule has 4 nitrogen and oxygen atoms in total. The van der Waals surface area contributed by atoms with Crippen molar-refractivity contribution in [3.8, 4) is 0 Å². The summed E-state index contributed by atoms with van der Waals surface area (Å²) < 4.78 is 0. The van der Waals surface area contributed by atoms with Crippen LogP contribution in [0.25, 0.3) is 6.08 Å². The topological polar surface area (TPSA) is 57.6 Å². The molecule has 0 heterocycles. The molecule has 1 aliphatic rings. The second kappa shape index (κ2) is 5.90. The Morgan fingerprint density at radius 2 is 1.95 bits per heavy atom. The van der Waals surface area contributed by atoms with Crippen molar-refractivity contribution in [3.05, 3.63) is 41.5 Å². The van der Waals surface area contributed by atoms with Crippen molar-refractivity contribution in [2.24, 2.45) is 11.8 Å². The second-order valence-corrected chi connectivity index (χ2v) is 5.43. The number of nitrogens with zero attached hydrogens (tertiary/aromatic N) is 1. The molecule has 1 amide bonds. The Labute approximate surface area is 118 Å². The first-order valence-corrected chi connectivity index (χ1v) is 6.72. The summed E-state index contributed by atoms with van der Waals surface area (Å²) in [5.41, 5.74) is 1.88. The number of rotatable bonds is 5. The van der Waals surface area contributed by atoms with Gasteiger partial charge >= 0.3 is 5.97 Å². The zero-order chi connectivity index (χ0) is 14.7. The third kappa shape index (κ3) is 3.70. The van der Waals surface area contributed by atoms with Crippen LogP contribution in [0.4, 0.5) is 0 Å². The predicted octanol–water partition coefficient (Wildman–Crippen LogP) is 2.40. The smallest absolute Gasteiger partial charge is 0.328 e. The molecule has 2 atom stereocenters.